The molecule has 0 aliphatic carbocycles. The predicted molar refractivity (Wildman–Crippen MR) is 107 cm³/mol. The molecule has 0 saturated carbocycles. The third-order valence-corrected chi connectivity index (χ3v) is 4.82. The summed E-state index contributed by atoms with van der Waals surface area (Å²) in [6, 6.07) is 17.6. The normalized spacial score (nSPS) is 10.7. The van der Waals surface area contributed by atoms with Gasteiger partial charge in [0.15, 0.2) is 11.0 Å². The predicted octanol–water partition coefficient (Wildman–Crippen LogP) is 3.69. The summed E-state index contributed by atoms with van der Waals surface area (Å²) in [5.74, 6) is 1.29. The number of amides is 1. The van der Waals surface area contributed by atoms with E-state index in [0.29, 0.717) is 17.6 Å². The van der Waals surface area contributed by atoms with Crippen molar-refractivity contribution >= 4 is 17.7 Å². The third-order valence-electron chi connectivity index (χ3n) is 3.87. The van der Waals surface area contributed by atoms with Crippen LogP contribution in [0.15, 0.2) is 59.8 Å². The summed E-state index contributed by atoms with van der Waals surface area (Å²) in [4.78, 5) is 11.2. The highest BCUT2D eigenvalue weighted by molar-refractivity contribution is 7.99. The monoisotopic (exact) mass is 382 g/mol. The quantitative estimate of drug-likeness (QED) is 0.451. The zero-order valence-corrected chi connectivity index (χ0v) is 16.0. The molecule has 0 spiro atoms. The van der Waals surface area contributed by atoms with Crippen molar-refractivity contribution < 1.29 is 9.53 Å². The second-order valence-corrected chi connectivity index (χ2v) is 6.90. The zero-order chi connectivity index (χ0) is 19.1. The first-order chi connectivity index (χ1) is 13.2. The number of hydrogen-bond donors (Lipinski definition) is 1. The van der Waals surface area contributed by atoms with Gasteiger partial charge in [-0.2, -0.15) is 0 Å². The number of unbranched alkanes of at least 4 members (excludes halogenated alkanes) is 1. The topological polar surface area (TPSA) is 83.0 Å². The van der Waals surface area contributed by atoms with Crippen molar-refractivity contribution in [3.05, 3.63) is 54.6 Å². The first-order valence-corrected chi connectivity index (χ1v) is 9.82. The molecule has 0 aliphatic heterocycles. The molecule has 3 rings (SSSR count). The van der Waals surface area contributed by atoms with Gasteiger partial charge in [0.1, 0.15) is 5.75 Å². The number of nitrogens with zero attached hydrogens (tertiary/aromatic N) is 3. The average Bonchev–Trinajstić information content (AvgIpc) is 3.12. The van der Waals surface area contributed by atoms with Crippen molar-refractivity contribution in [3.8, 4) is 22.8 Å². The maximum absolute atomic E-state index is 11.2. The molecule has 140 valence electrons. The Labute approximate surface area is 162 Å². The van der Waals surface area contributed by atoms with E-state index in [9.17, 15) is 4.79 Å². The Bertz CT molecular complexity index is 879. The maximum atomic E-state index is 11.2. The molecule has 1 aromatic heterocycles. The van der Waals surface area contributed by atoms with E-state index in [1.165, 1.54) is 11.8 Å². The van der Waals surface area contributed by atoms with Gasteiger partial charge < -0.3 is 10.5 Å². The number of carbonyl (C=O) groups is 1. The van der Waals surface area contributed by atoms with E-state index in [0.717, 1.165) is 29.8 Å². The molecule has 0 unspecified atom stereocenters. The van der Waals surface area contributed by atoms with Gasteiger partial charge in [-0.1, -0.05) is 43.3 Å². The van der Waals surface area contributed by atoms with Crippen LogP contribution in [-0.2, 0) is 4.79 Å². The van der Waals surface area contributed by atoms with Crippen LogP contribution in [0.1, 0.15) is 19.8 Å². The Morgan fingerprint density at radius 3 is 2.52 bits per heavy atom. The van der Waals surface area contributed by atoms with Crippen LogP contribution in [0, 0.1) is 0 Å². The van der Waals surface area contributed by atoms with Crippen LogP contribution in [0.3, 0.4) is 0 Å². The standard InChI is InChI=1S/C20H22N4O2S/c1-2-3-13-26-17-11-9-15(10-12-17)19-22-23-20(27-14-18(21)25)24(19)16-7-5-4-6-8-16/h4-12H,2-3,13-14H2,1H3,(H2,21,25). The summed E-state index contributed by atoms with van der Waals surface area (Å²) in [7, 11) is 0. The first kappa shape index (κ1) is 19.0. The van der Waals surface area contributed by atoms with Crippen LogP contribution in [0.2, 0.25) is 0 Å². The van der Waals surface area contributed by atoms with Crippen molar-refractivity contribution in [2.45, 2.75) is 24.9 Å². The Balaban J connectivity index is 1.91. The molecule has 0 radical (unpaired) electrons. The van der Waals surface area contributed by atoms with Crippen LogP contribution in [-0.4, -0.2) is 33.0 Å². The molecule has 1 heterocycles. The maximum Gasteiger partial charge on any atom is 0.227 e. The number of hydrogen-bond acceptors (Lipinski definition) is 5. The van der Waals surface area contributed by atoms with Gasteiger partial charge in [0.25, 0.3) is 0 Å². The lowest BCUT2D eigenvalue weighted by molar-refractivity contribution is -0.115. The summed E-state index contributed by atoms with van der Waals surface area (Å²) in [6.45, 7) is 2.85. The van der Waals surface area contributed by atoms with E-state index in [-0.39, 0.29) is 5.75 Å². The van der Waals surface area contributed by atoms with E-state index in [2.05, 4.69) is 17.1 Å². The fourth-order valence-electron chi connectivity index (χ4n) is 2.53. The molecule has 3 aromatic rings. The molecule has 2 aromatic carbocycles. The molecule has 0 fully saturated rings. The Morgan fingerprint density at radius 1 is 1.11 bits per heavy atom. The van der Waals surface area contributed by atoms with Gasteiger partial charge in [-0.15, -0.1) is 10.2 Å². The van der Waals surface area contributed by atoms with Gasteiger partial charge in [-0.05, 0) is 42.8 Å². The molecule has 0 atom stereocenters. The van der Waals surface area contributed by atoms with E-state index >= 15 is 0 Å². The molecule has 27 heavy (non-hydrogen) atoms. The van der Waals surface area contributed by atoms with Crippen LogP contribution in [0.5, 0.6) is 5.75 Å². The molecule has 7 heteroatoms. The van der Waals surface area contributed by atoms with Gasteiger partial charge in [-0.3, -0.25) is 9.36 Å². The Hall–Kier alpha value is -2.80. The minimum absolute atomic E-state index is 0.148. The SMILES string of the molecule is CCCCOc1ccc(-c2nnc(SCC(N)=O)n2-c2ccccc2)cc1. The van der Waals surface area contributed by atoms with Crippen LogP contribution in [0.4, 0.5) is 0 Å². The summed E-state index contributed by atoms with van der Waals surface area (Å²) >= 11 is 1.27. The van der Waals surface area contributed by atoms with Gasteiger partial charge in [0.2, 0.25) is 5.91 Å². The Kier molecular flexibility index (Phi) is 6.49. The van der Waals surface area contributed by atoms with Gasteiger partial charge in [-0.25, -0.2) is 0 Å². The minimum Gasteiger partial charge on any atom is -0.494 e. The Morgan fingerprint density at radius 2 is 1.85 bits per heavy atom. The minimum atomic E-state index is -0.391. The third kappa shape index (κ3) is 4.89. The molecule has 0 bridgehead atoms. The number of aromatic nitrogens is 3. The summed E-state index contributed by atoms with van der Waals surface area (Å²) < 4.78 is 7.66. The van der Waals surface area contributed by atoms with Crippen LogP contribution in [0.25, 0.3) is 17.1 Å². The van der Waals surface area contributed by atoms with Crippen molar-refractivity contribution in [2.24, 2.45) is 5.73 Å². The van der Waals surface area contributed by atoms with Crippen molar-refractivity contribution in [1.29, 1.82) is 0 Å². The van der Waals surface area contributed by atoms with Gasteiger partial charge in [0.05, 0.1) is 12.4 Å². The fourth-order valence-corrected chi connectivity index (χ4v) is 3.22. The van der Waals surface area contributed by atoms with Gasteiger partial charge >= 0.3 is 0 Å². The zero-order valence-electron chi connectivity index (χ0n) is 15.2. The smallest absolute Gasteiger partial charge is 0.227 e. The van der Waals surface area contributed by atoms with Crippen molar-refractivity contribution in [1.82, 2.24) is 14.8 Å². The number of rotatable bonds is 9. The molecular weight excluding hydrogens is 360 g/mol. The molecule has 6 nitrogen and oxygen atoms in total. The lowest BCUT2D eigenvalue weighted by atomic mass is 10.2. The summed E-state index contributed by atoms with van der Waals surface area (Å²) in [5.41, 5.74) is 7.12. The van der Waals surface area contributed by atoms with E-state index in [4.69, 9.17) is 10.5 Å². The van der Waals surface area contributed by atoms with E-state index in [1.54, 1.807) is 0 Å². The van der Waals surface area contributed by atoms with Crippen LogP contribution >= 0.6 is 11.8 Å². The fraction of sp³-hybridized carbons (Fsp3) is 0.250. The number of thioether (sulfide) groups is 1. The second kappa shape index (κ2) is 9.23. The molecule has 0 saturated heterocycles. The van der Waals surface area contributed by atoms with E-state index < -0.39 is 5.91 Å². The second-order valence-electron chi connectivity index (χ2n) is 5.96. The summed E-state index contributed by atoms with van der Waals surface area (Å²) in [6.07, 6.45) is 2.13. The highest BCUT2D eigenvalue weighted by Gasteiger charge is 2.16. The average molecular weight is 382 g/mol. The number of benzene rings is 2. The molecule has 0 aliphatic rings. The molecule has 2 N–H and O–H groups in total. The molecule has 1 amide bonds. The van der Waals surface area contributed by atoms with Gasteiger partial charge in [0, 0.05) is 11.3 Å². The van der Waals surface area contributed by atoms with Crippen LogP contribution < -0.4 is 10.5 Å². The number of para-hydroxylation sites is 1. The van der Waals surface area contributed by atoms with Crippen molar-refractivity contribution in [3.63, 3.8) is 0 Å². The lowest BCUT2D eigenvalue weighted by Gasteiger charge is -2.10. The molecular formula is C20H22N4O2S. The number of nitrogens with two attached hydrogens (primary N) is 1. The largest absolute Gasteiger partial charge is 0.494 e. The summed E-state index contributed by atoms with van der Waals surface area (Å²) in [5, 5.41) is 9.23. The number of primary amides is 1. The number of carbonyl (C=O) groups excluding carboxylic acids is 1. The number of ether oxygens (including phenoxy) is 1. The first-order valence-electron chi connectivity index (χ1n) is 8.84. The van der Waals surface area contributed by atoms with E-state index in [1.807, 2.05) is 59.2 Å². The van der Waals surface area contributed by atoms with Crippen molar-refractivity contribution in [2.75, 3.05) is 12.4 Å². The highest BCUT2D eigenvalue weighted by atomic mass is 32.2. The lowest BCUT2D eigenvalue weighted by Crippen LogP contribution is -2.13. The highest BCUT2D eigenvalue weighted by Crippen LogP contribution is 2.28.